The number of carbonyl (C=O) groups excluding carboxylic acids is 1. The highest BCUT2D eigenvalue weighted by atomic mass is 16.6. The zero-order valence-corrected chi connectivity index (χ0v) is 13.8. The standard InChI is InChI=1S/C18H19N3O4/c1-25-15-7-8-17(21(23)24)16(11-15)18(22)19-13-9-10-20(12-13)14-5-3-2-4-6-14/h2-8,11,13H,9-10,12H2,1H3,(H,19,22). The number of anilines is 1. The number of amides is 1. The Kier molecular flexibility index (Phi) is 4.83. The van der Waals surface area contributed by atoms with E-state index in [1.807, 2.05) is 30.3 Å². The maximum atomic E-state index is 12.5. The monoisotopic (exact) mass is 341 g/mol. The van der Waals surface area contributed by atoms with E-state index in [0.717, 1.165) is 18.7 Å². The van der Waals surface area contributed by atoms with Crippen LogP contribution in [0.3, 0.4) is 0 Å². The number of nitrogens with one attached hydrogen (secondary N) is 1. The summed E-state index contributed by atoms with van der Waals surface area (Å²) in [6, 6.07) is 14.1. The van der Waals surface area contributed by atoms with Crippen molar-refractivity contribution in [2.24, 2.45) is 0 Å². The summed E-state index contributed by atoms with van der Waals surface area (Å²) in [6.45, 7) is 1.50. The first-order valence-electron chi connectivity index (χ1n) is 8.02. The third-order valence-electron chi connectivity index (χ3n) is 4.29. The van der Waals surface area contributed by atoms with Crippen molar-refractivity contribution >= 4 is 17.3 Å². The summed E-state index contributed by atoms with van der Waals surface area (Å²) < 4.78 is 5.07. The Morgan fingerprint density at radius 1 is 1.28 bits per heavy atom. The Morgan fingerprint density at radius 2 is 2.04 bits per heavy atom. The van der Waals surface area contributed by atoms with Crippen molar-refractivity contribution in [3.05, 3.63) is 64.2 Å². The van der Waals surface area contributed by atoms with Crippen LogP contribution in [0.25, 0.3) is 0 Å². The van der Waals surface area contributed by atoms with E-state index in [1.54, 1.807) is 0 Å². The van der Waals surface area contributed by atoms with Gasteiger partial charge in [0, 0.05) is 30.9 Å². The molecule has 2 aromatic carbocycles. The van der Waals surface area contributed by atoms with Crippen LogP contribution in [-0.2, 0) is 0 Å². The number of nitrogens with zero attached hydrogens (tertiary/aromatic N) is 2. The highest BCUT2D eigenvalue weighted by molar-refractivity contribution is 5.98. The first-order chi connectivity index (χ1) is 12.1. The summed E-state index contributed by atoms with van der Waals surface area (Å²) in [5.41, 5.74) is 0.894. The van der Waals surface area contributed by atoms with Crippen molar-refractivity contribution < 1.29 is 14.5 Å². The van der Waals surface area contributed by atoms with E-state index in [1.165, 1.54) is 25.3 Å². The summed E-state index contributed by atoms with van der Waals surface area (Å²) in [7, 11) is 1.46. The molecule has 1 aliphatic rings. The van der Waals surface area contributed by atoms with Gasteiger partial charge in [0.25, 0.3) is 11.6 Å². The summed E-state index contributed by atoms with van der Waals surface area (Å²) in [5.74, 6) is -0.0430. The van der Waals surface area contributed by atoms with Crippen LogP contribution in [0.1, 0.15) is 16.8 Å². The third-order valence-corrected chi connectivity index (χ3v) is 4.29. The van der Waals surface area contributed by atoms with Crippen LogP contribution in [0.2, 0.25) is 0 Å². The number of hydrogen-bond donors (Lipinski definition) is 1. The van der Waals surface area contributed by atoms with Crippen molar-refractivity contribution in [1.82, 2.24) is 5.32 Å². The highest BCUT2D eigenvalue weighted by Crippen LogP contribution is 2.25. The molecule has 7 nitrogen and oxygen atoms in total. The van der Waals surface area contributed by atoms with E-state index in [2.05, 4.69) is 10.2 Å². The maximum absolute atomic E-state index is 12.5. The molecule has 1 fully saturated rings. The lowest BCUT2D eigenvalue weighted by Gasteiger charge is -2.19. The molecule has 0 bridgehead atoms. The van der Waals surface area contributed by atoms with Gasteiger partial charge in [0.2, 0.25) is 0 Å². The van der Waals surface area contributed by atoms with E-state index in [-0.39, 0.29) is 17.3 Å². The normalized spacial score (nSPS) is 16.5. The Balaban J connectivity index is 1.72. The minimum Gasteiger partial charge on any atom is -0.497 e. The molecule has 1 amide bonds. The predicted molar refractivity (Wildman–Crippen MR) is 94.2 cm³/mol. The van der Waals surface area contributed by atoms with Crippen LogP contribution in [0, 0.1) is 10.1 Å². The molecule has 0 aliphatic carbocycles. The Labute approximate surface area is 145 Å². The number of nitro benzene ring substituents is 1. The van der Waals surface area contributed by atoms with Gasteiger partial charge in [-0.05, 0) is 30.7 Å². The third kappa shape index (κ3) is 3.71. The van der Waals surface area contributed by atoms with Gasteiger partial charge >= 0.3 is 0 Å². The molecular weight excluding hydrogens is 322 g/mol. The first kappa shape index (κ1) is 16.8. The van der Waals surface area contributed by atoms with Crippen LogP contribution in [0.5, 0.6) is 5.75 Å². The molecular formula is C18H19N3O4. The highest BCUT2D eigenvalue weighted by Gasteiger charge is 2.27. The number of methoxy groups -OCH3 is 1. The van der Waals surface area contributed by atoms with Crippen LogP contribution >= 0.6 is 0 Å². The Morgan fingerprint density at radius 3 is 2.72 bits per heavy atom. The topological polar surface area (TPSA) is 84.7 Å². The molecule has 3 rings (SSSR count). The fraction of sp³-hybridized carbons (Fsp3) is 0.278. The molecule has 1 unspecified atom stereocenters. The van der Waals surface area contributed by atoms with Gasteiger partial charge in [-0.1, -0.05) is 18.2 Å². The van der Waals surface area contributed by atoms with E-state index in [0.29, 0.717) is 12.3 Å². The number of rotatable bonds is 5. The van der Waals surface area contributed by atoms with Gasteiger partial charge in [-0.15, -0.1) is 0 Å². The van der Waals surface area contributed by atoms with Gasteiger partial charge in [-0.2, -0.15) is 0 Å². The molecule has 0 aromatic heterocycles. The van der Waals surface area contributed by atoms with Gasteiger partial charge in [-0.25, -0.2) is 0 Å². The van der Waals surface area contributed by atoms with Crippen molar-refractivity contribution in [3.63, 3.8) is 0 Å². The SMILES string of the molecule is COc1ccc([N+](=O)[O-])c(C(=O)NC2CCN(c3ccccc3)C2)c1. The Hall–Kier alpha value is -3.09. The fourth-order valence-corrected chi connectivity index (χ4v) is 3.00. The van der Waals surface area contributed by atoms with Crippen LogP contribution in [0.15, 0.2) is 48.5 Å². The number of hydrogen-bond acceptors (Lipinski definition) is 5. The second-order valence-corrected chi connectivity index (χ2v) is 5.88. The quantitative estimate of drug-likeness (QED) is 0.667. The lowest BCUT2D eigenvalue weighted by atomic mass is 10.1. The van der Waals surface area contributed by atoms with Crippen molar-refractivity contribution in [3.8, 4) is 5.75 Å². The van der Waals surface area contributed by atoms with Crippen LogP contribution < -0.4 is 15.0 Å². The molecule has 7 heteroatoms. The second-order valence-electron chi connectivity index (χ2n) is 5.88. The van der Waals surface area contributed by atoms with E-state index >= 15 is 0 Å². The van der Waals surface area contributed by atoms with Crippen molar-refractivity contribution in [1.29, 1.82) is 0 Å². The van der Waals surface area contributed by atoms with Gasteiger partial charge in [-0.3, -0.25) is 14.9 Å². The minimum absolute atomic E-state index is 0.0162. The maximum Gasteiger partial charge on any atom is 0.282 e. The van der Waals surface area contributed by atoms with E-state index in [9.17, 15) is 14.9 Å². The number of para-hydroxylation sites is 1. The lowest BCUT2D eigenvalue weighted by Crippen LogP contribution is -2.37. The molecule has 2 aromatic rings. The fourth-order valence-electron chi connectivity index (χ4n) is 3.00. The zero-order chi connectivity index (χ0) is 17.8. The number of benzene rings is 2. The molecule has 1 atom stereocenters. The van der Waals surface area contributed by atoms with Crippen molar-refractivity contribution in [2.75, 3.05) is 25.1 Å². The lowest BCUT2D eigenvalue weighted by molar-refractivity contribution is -0.385. The molecule has 0 saturated carbocycles. The second kappa shape index (κ2) is 7.21. The van der Waals surface area contributed by atoms with Crippen molar-refractivity contribution in [2.45, 2.75) is 12.5 Å². The molecule has 0 spiro atoms. The van der Waals surface area contributed by atoms with Crippen LogP contribution in [-0.4, -0.2) is 37.1 Å². The smallest absolute Gasteiger partial charge is 0.282 e. The molecule has 1 aliphatic heterocycles. The number of ether oxygens (including phenoxy) is 1. The minimum atomic E-state index is -0.556. The summed E-state index contributed by atoms with van der Waals surface area (Å²) in [4.78, 5) is 25.4. The average molecular weight is 341 g/mol. The molecule has 0 radical (unpaired) electrons. The average Bonchev–Trinajstić information content (AvgIpc) is 3.10. The van der Waals surface area contributed by atoms with E-state index < -0.39 is 10.8 Å². The summed E-state index contributed by atoms with van der Waals surface area (Å²) in [6.07, 6.45) is 0.790. The first-order valence-corrected chi connectivity index (χ1v) is 8.02. The van der Waals surface area contributed by atoms with Gasteiger partial charge < -0.3 is 15.0 Å². The summed E-state index contributed by atoms with van der Waals surface area (Å²) >= 11 is 0. The molecule has 130 valence electrons. The number of nitro groups is 1. The van der Waals surface area contributed by atoms with Crippen LogP contribution in [0.4, 0.5) is 11.4 Å². The number of carbonyl (C=O) groups is 1. The van der Waals surface area contributed by atoms with Gasteiger partial charge in [0.15, 0.2) is 0 Å². The van der Waals surface area contributed by atoms with Gasteiger partial charge in [0.1, 0.15) is 11.3 Å². The largest absolute Gasteiger partial charge is 0.497 e. The zero-order valence-electron chi connectivity index (χ0n) is 13.8. The molecule has 1 N–H and O–H groups in total. The predicted octanol–water partition coefficient (Wildman–Crippen LogP) is 2.61. The summed E-state index contributed by atoms with van der Waals surface area (Å²) in [5, 5.41) is 14.1. The molecule has 1 saturated heterocycles. The van der Waals surface area contributed by atoms with E-state index in [4.69, 9.17) is 4.74 Å². The molecule has 25 heavy (non-hydrogen) atoms. The molecule has 1 heterocycles. The van der Waals surface area contributed by atoms with Gasteiger partial charge in [0.05, 0.1) is 12.0 Å². The Bertz CT molecular complexity index is 779.